The van der Waals surface area contributed by atoms with Crippen LogP contribution in [-0.4, -0.2) is 28.2 Å². The van der Waals surface area contributed by atoms with Crippen molar-refractivity contribution in [2.75, 3.05) is 7.11 Å². The average Bonchev–Trinajstić information content (AvgIpc) is 2.16. The number of aliphatic hydroxyl groups is 1. The second kappa shape index (κ2) is 4.54. The van der Waals surface area contributed by atoms with Gasteiger partial charge < -0.3 is 9.84 Å². The molecule has 7 heteroatoms. The molecule has 1 rings (SSSR count). The zero-order valence-corrected chi connectivity index (χ0v) is 8.58. The fourth-order valence-electron chi connectivity index (χ4n) is 0.810. The molecule has 5 nitrogen and oxygen atoms in total. The highest BCUT2D eigenvalue weighted by molar-refractivity contribution is 6.34. The van der Waals surface area contributed by atoms with Crippen molar-refractivity contribution in [3.63, 3.8) is 0 Å². The van der Waals surface area contributed by atoms with Gasteiger partial charge in [0.2, 0.25) is 0 Å². The minimum atomic E-state index is -1.57. The molecule has 0 radical (unpaired) electrons. The van der Waals surface area contributed by atoms with Crippen LogP contribution in [0.4, 0.5) is 0 Å². The summed E-state index contributed by atoms with van der Waals surface area (Å²) in [6, 6.07) is 0. The van der Waals surface area contributed by atoms with Crippen LogP contribution in [0.2, 0.25) is 10.3 Å². The van der Waals surface area contributed by atoms with E-state index in [1.807, 2.05) is 0 Å². The fraction of sp³-hybridized carbons (Fsp3) is 0.286. The van der Waals surface area contributed by atoms with E-state index in [1.165, 1.54) is 0 Å². The molecule has 76 valence electrons. The summed E-state index contributed by atoms with van der Waals surface area (Å²) in [5.74, 6) is -0.872. The van der Waals surface area contributed by atoms with Crippen molar-refractivity contribution in [3.8, 4) is 0 Å². The zero-order chi connectivity index (χ0) is 10.7. The lowest BCUT2D eigenvalue weighted by molar-refractivity contribution is -0.150. The highest BCUT2D eigenvalue weighted by Gasteiger charge is 2.24. The Labute approximate surface area is 89.6 Å². The molecule has 1 aromatic rings. The zero-order valence-electron chi connectivity index (χ0n) is 7.07. The van der Waals surface area contributed by atoms with Gasteiger partial charge in [-0.1, -0.05) is 23.2 Å². The summed E-state index contributed by atoms with van der Waals surface area (Å²) in [5.41, 5.74) is -0.0531. The second-order valence-corrected chi connectivity index (χ2v) is 3.01. The van der Waals surface area contributed by atoms with Gasteiger partial charge in [-0.3, -0.25) is 0 Å². The van der Waals surface area contributed by atoms with Crippen LogP contribution in [0.5, 0.6) is 0 Å². The molecule has 1 aromatic heterocycles. The predicted molar refractivity (Wildman–Crippen MR) is 49.0 cm³/mol. The molecule has 14 heavy (non-hydrogen) atoms. The van der Waals surface area contributed by atoms with Crippen molar-refractivity contribution in [2.45, 2.75) is 6.10 Å². The number of hydrogen-bond donors (Lipinski definition) is 1. The van der Waals surface area contributed by atoms with Gasteiger partial charge in [0, 0.05) is 0 Å². The number of hydrogen-bond acceptors (Lipinski definition) is 5. The van der Waals surface area contributed by atoms with Gasteiger partial charge in [0.25, 0.3) is 0 Å². The number of esters is 1. The lowest BCUT2D eigenvalue weighted by Gasteiger charge is -2.10. The summed E-state index contributed by atoms with van der Waals surface area (Å²) in [7, 11) is 1.14. The molecular formula is C7H6Cl2N2O3. The van der Waals surface area contributed by atoms with E-state index >= 15 is 0 Å². The van der Waals surface area contributed by atoms with Crippen LogP contribution >= 0.6 is 23.2 Å². The first-order valence-corrected chi connectivity index (χ1v) is 4.25. The molecule has 0 aromatic carbocycles. The topological polar surface area (TPSA) is 72.3 Å². The molecule has 0 aliphatic rings. The predicted octanol–water partition coefficient (Wildman–Crippen LogP) is 0.990. The molecule has 0 saturated carbocycles. The van der Waals surface area contributed by atoms with E-state index in [0.29, 0.717) is 0 Å². The number of aliphatic hydroxyl groups excluding tert-OH is 1. The molecule has 0 bridgehead atoms. The molecule has 1 atom stereocenters. The highest BCUT2D eigenvalue weighted by atomic mass is 35.5. The minimum Gasteiger partial charge on any atom is -0.467 e. The third-order valence-electron chi connectivity index (χ3n) is 1.48. The van der Waals surface area contributed by atoms with Crippen molar-refractivity contribution in [1.29, 1.82) is 0 Å². The van der Waals surface area contributed by atoms with Gasteiger partial charge in [-0.05, 0) is 0 Å². The van der Waals surface area contributed by atoms with Crippen LogP contribution in [0.1, 0.15) is 11.7 Å². The Bertz CT molecular complexity index is 339. The van der Waals surface area contributed by atoms with Crippen molar-refractivity contribution in [1.82, 2.24) is 9.97 Å². The van der Waals surface area contributed by atoms with E-state index < -0.39 is 12.1 Å². The Morgan fingerprint density at radius 2 is 2.00 bits per heavy atom. The number of methoxy groups -OCH3 is 1. The second-order valence-electron chi connectivity index (χ2n) is 2.29. The van der Waals surface area contributed by atoms with Gasteiger partial charge in [0.05, 0.1) is 12.7 Å². The van der Waals surface area contributed by atoms with Gasteiger partial charge in [-0.15, -0.1) is 0 Å². The number of halogens is 2. The summed E-state index contributed by atoms with van der Waals surface area (Å²) in [6.07, 6.45) is -0.445. The molecule has 0 aliphatic heterocycles. The summed E-state index contributed by atoms with van der Waals surface area (Å²) in [5, 5.41) is 9.27. The highest BCUT2D eigenvalue weighted by Crippen LogP contribution is 2.27. The SMILES string of the molecule is COC(=O)C(O)c1c(Cl)ncnc1Cl. The molecule has 0 saturated heterocycles. The van der Waals surface area contributed by atoms with Crippen LogP contribution in [-0.2, 0) is 9.53 Å². The van der Waals surface area contributed by atoms with E-state index in [-0.39, 0.29) is 15.9 Å². The monoisotopic (exact) mass is 236 g/mol. The van der Waals surface area contributed by atoms with Gasteiger partial charge in [0.15, 0.2) is 6.10 Å². The maximum Gasteiger partial charge on any atom is 0.339 e. The average molecular weight is 237 g/mol. The first kappa shape index (κ1) is 11.2. The number of ether oxygens (including phenoxy) is 1. The van der Waals surface area contributed by atoms with Gasteiger partial charge >= 0.3 is 5.97 Å². The quantitative estimate of drug-likeness (QED) is 0.613. The normalized spacial score (nSPS) is 12.3. The molecule has 0 amide bonds. The molecule has 0 aliphatic carbocycles. The van der Waals surface area contributed by atoms with Crippen molar-refractivity contribution in [2.24, 2.45) is 0 Å². The Balaban J connectivity index is 3.11. The van der Waals surface area contributed by atoms with E-state index in [4.69, 9.17) is 23.2 Å². The van der Waals surface area contributed by atoms with E-state index in [0.717, 1.165) is 13.4 Å². The van der Waals surface area contributed by atoms with Crippen LogP contribution < -0.4 is 0 Å². The van der Waals surface area contributed by atoms with Crippen molar-refractivity contribution < 1.29 is 14.6 Å². The first-order chi connectivity index (χ1) is 6.57. The molecule has 1 N–H and O–H groups in total. The molecule has 1 unspecified atom stereocenters. The minimum absolute atomic E-state index is 0.0531. The maximum atomic E-state index is 11.0. The van der Waals surface area contributed by atoms with E-state index in [1.54, 1.807) is 0 Å². The summed E-state index contributed by atoms with van der Waals surface area (Å²) < 4.78 is 4.31. The number of aromatic nitrogens is 2. The summed E-state index contributed by atoms with van der Waals surface area (Å²) >= 11 is 11.2. The molecule has 0 fully saturated rings. The first-order valence-electron chi connectivity index (χ1n) is 3.49. The Kier molecular flexibility index (Phi) is 3.62. The Morgan fingerprint density at radius 3 is 2.43 bits per heavy atom. The lowest BCUT2D eigenvalue weighted by Crippen LogP contribution is -2.15. The smallest absolute Gasteiger partial charge is 0.339 e. The summed E-state index contributed by atoms with van der Waals surface area (Å²) in [4.78, 5) is 18.1. The number of carbonyl (C=O) groups excluding carboxylic acids is 1. The van der Waals surface area contributed by atoms with Crippen LogP contribution in [0.3, 0.4) is 0 Å². The van der Waals surface area contributed by atoms with Crippen LogP contribution in [0.15, 0.2) is 6.33 Å². The standard InChI is InChI=1S/C7H6Cl2N2O3/c1-14-7(13)4(12)3-5(8)10-2-11-6(3)9/h2,4,12H,1H3. The largest absolute Gasteiger partial charge is 0.467 e. The van der Waals surface area contributed by atoms with E-state index in [9.17, 15) is 9.90 Å². The molecule has 0 spiro atoms. The van der Waals surface area contributed by atoms with Crippen LogP contribution in [0, 0.1) is 0 Å². The Hall–Kier alpha value is -0.910. The van der Waals surface area contributed by atoms with E-state index in [2.05, 4.69) is 14.7 Å². The van der Waals surface area contributed by atoms with Crippen LogP contribution in [0.25, 0.3) is 0 Å². The Morgan fingerprint density at radius 1 is 1.50 bits per heavy atom. The summed E-state index contributed by atoms with van der Waals surface area (Å²) in [6.45, 7) is 0. The molecular weight excluding hydrogens is 231 g/mol. The number of carbonyl (C=O) groups is 1. The van der Waals surface area contributed by atoms with Crippen molar-refractivity contribution in [3.05, 3.63) is 22.2 Å². The van der Waals surface area contributed by atoms with Gasteiger partial charge in [0.1, 0.15) is 16.6 Å². The molecule has 1 heterocycles. The number of rotatable bonds is 2. The fourth-order valence-corrected chi connectivity index (χ4v) is 1.33. The van der Waals surface area contributed by atoms with Crippen molar-refractivity contribution >= 4 is 29.2 Å². The number of nitrogens with zero attached hydrogens (tertiary/aromatic N) is 2. The third kappa shape index (κ3) is 2.12. The maximum absolute atomic E-state index is 11.0. The van der Waals surface area contributed by atoms with Gasteiger partial charge in [-0.25, -0.2) is 14.8 Å². The third-order valence-corrected chi connectivity index (χ3v) is 2.09. The lowest BCUT2D eigenvalue weighted by atomic mass is 10.2. The van der Waals surface area contributed by atoms with Gasteiger partial charge in [-0.2, -0.15) is 0 Å².